The molecule has 0 aromatic rings. The van der Waals surface area contributed by atoms with Crippen molar-refractivity contribution in [2.24, 2.45) is 0 Å². The Morgan fingerprint density at radius 3 is 2.92 bits per heavy atom. The third-order valence-corrected chi connectivity index (χ3v) is 3.29. The smallest absolute Gasteiger partial charge is 0.0195 e. The Hall–Kier alpha value is 0.270. The fraction of sp³-hybridized carbons (Fsp3) is 1.00. The molecule has 78 valence electrons. The first-order valence-electron chi connectivity index (χ1n) is 5.31. The van der Waals surface area contributed by atoms with Gasteiger partial charge in [-0.3, -0.25) is 0 Å². The van der Waals surface area contributed by atoms with Crippen molar-refractivity contribution in [2.75, 3.05) is 38.2 Å². The average molecular weight is 202 g/mol. The third-order valence-electron chi connectivity index (χ3n) is 2.70. The van der Waals surface area contributed by atoms with Crippen LogP contribution in [0.1, 0.15) is 19.8 Å². The molecule has 3 heteroatoms. The summed E-state index contributed by atoms with van der Waals surface area (Å²) in [5.41, 5.74) is 0. The Balaban J connectivity index is 2.13. The maximum atomic E-state index is 3.55. The molecule has 1 atom stereocenters. The summed E-state index contributed by atoms with van der Waals surface area (Å²) in [7, 11) is 0. The normalized spacial score (nSPS) is 22.8. The lowest BCUT2D eigenvalue weighted by Gasteiger charge is -2.23. The monoisotopic (exact) mass is 202 g/mol. The van der Waals surface area contributed by atoms with E-state index in [-0.39, 0.29) is 0 Å². The first-order valence-corrected chi connectivity index (χ1v) is 6.71. The van der Waals surface area contributed by atoms with Crippen LogP contribution in [0.3, 0.4) is 0 Å². The van der Waals surface area contributed by atoms with Crippen LogP contribution >= 0.6 is 11.8 Å². The molecule has 0 spiro atoms. The van der Waals surface area contributed by atoms with Gasteiger partial charge in [0.25, 0.3) is 0 Å². The topological polar surface area (TPSA) is 15.3 Å². The van der Waals surface area contributed by atoms with Crippen LogP contribution in [0.5, 0.6) is 0 Å². The van der Waals surface area contributed by atoms with Crippen LogP contribution in [0.25, 0.3) is 0 Å². The van der Waals surface area contributed by atoms with E-state index in [9.17, 15) is 0 Å². The lowest BCUT2D eigenvalue weighted by atomic mass is 10.2. The Morgan fingerprint density at radius 2 is 2.38 bits per heavy atom. The highest BCUT2D eigenvalue weighted by Crippen LogP contribution is 2.07. The highest BCUT2D eigenvalue weighted by molar-refractivity contribution is 7.98. The van der Waals surface area contributed by atoms with Crippen molar-refractivity contribution in [2.45, 2.75) is 25.8 Å². The van der Waals surface area contributed by atoms with Crippen molar-refractivity contribution in [1.82, 2.24) is 10.2 Å². The van der Waals surface area contributed by atoms with Crippen LogP contribution in [0.4, 0.5) is 0 Å². The molecule has 1 rings (SSSR count). The van der Waals surface area contributed by atoms with Gasteiger partial charge in [0, 0.05) is 24.9 Å². The summed E-state index contributed by atoms with van der Waals surface area (Å²) in [6.07, 6.45) is 4.92. The molecule has 0 saturated carbocycles. The van der Waals surface area contributed by atoms with Crippen molar-refractivity contribution in [3.05, 3.63) is 0 Å². The molecule has 1 aliphatic rings. The molecule has 0 bridgehead atoms. The number of nitrogens with zero attached hydrogens (tertiary/aromatic N) is 1. The molecule has 0 aromatic heterocycles. The summed E-state index contributed by atoms with van der Waals surface area (Å²) in [5, 5.41) is 3.55. The highest BCUT2D eigenvalue weighted by atomic mass is 32.2. The summed E-state index contributed by atoms with van der Waals surface area (Å²) in [6.45, 7) is 7.17. The summed E-state index contributed by atoms with van der Waals surface area (Å²) >= 11 is 1.94. The predicted molar refractivity (Wildman–Crippen MR) is 61.5 cm³/mol. The fourth-order valence-electron chi connectivity index (χ4n) is 1.82. The third kappa shape index (κ3) is 4.34. The maximum Gasteiger partial charge on any atom is 0.0195 e. The first-order chi connectivity index (χ1) is 6.36. The van der Waals surface area contributed by atoms with Gasteiger partial charge in [-0.1, -0.05) is 6.92 Å². The molecule has 0 aliphatic carbocycles. The SMILES string of the molecule is CCN(CCSC)CC1CCCN1. The van der Waals surface area contributed by atoms with E-state index >= 15 is 0 Å². The van der Waals surface area contributed by atoms with Gasteiger partial charge in [-0.2, -0.15) is 11.8 Å². The minimum absolute atomic E-state index is 0.766. The van der Waals surface area contributed by atoms with Crippen LogP contribution < -0.4 is 5.32 Å². The average Bonchev–Trinajstić information content (AvgIpc) is 2.64. The number of rotatable bonds is 6. The lowest BCUT2D eigenvalue weighted by molar-refractivity contribution is 0.276. The minimum atomic E-state index is 0.766. The van der Waals surface area contributed by atoms with Gasteiger partial charge >= 0.3 is 0 Å². The van der Waals surface area contributed by atoms with E-state index in [0.717, 1.165) is 6.04 Å². The first kappa shape index (κ1) is 11.3. The van der Waals surface area contributed by atoms with Crippen molar-refractivity contribution in [3.8, 4) is 0 Å². The zero-order valence-electron chi connectivity index (χ0n) is 8.88. The predicted octanol–water partition coefficient (Wildman–Crippen LogP) is 1.42. The second-order valence-corrected chi connectivity index (χ2v) is 4.66. The molecule has 1 N–H and O–H groups in total. The number of likely N-dealkylation sites (N-methyl/N-ethyl adjacent to an activating group) is 1. The molecular formula is C10H22N2S. The largest absolute Gasteiger partial charge is 0.313 e. The van der Waals surface area contributed by atoms with Crippen LogP contribution in [0, 0.1) is 0 Å². The van der Waals surface area contributed by atoms with E-state index in [1.54, 1.807) is 0 Å². The summed E-state index contributed by atoms with van der Waals surface area (Å²) in [6, 6.07) is 0.766. The zero-order chi connectivity index (χ0) is 9.52. The number of hydrogen-bond donors (Lipinski definition) is 1. The molecule has 1 unspecified atom stereocenters. The highest BCUT2D eigenvalue weighted by Gasteiger charge is 2.16. The molecule has 1 saturated heterocycles. The van der Waals surface area contributed by atoms with Crippen LogP contribution in [-0.2, 0) is 0 Å². The van der Waals surface area contributed by atoms with Gasteiger partial charge in [-0.15, -0.1) is 0 Å². The van der Waals surface area contributed by atoms with Gasteiger partial charge in [0.1, 0.15) is 0 Å². The molecule has 0 aromatic carbocycles. The molecule has 13 heavy (non-hydrogen) atoms. The minimum Gasteiger partial charge on any atom is -0.313 e. The van der Waals surface area contributed by atoms with Gasteiger partial charge < -0.3 is 10.2 Å². The van der Waals surface area contributed by atoms with Gasteiger partial charge in [-0.05, 0) is 32.2 Å². The summed E-state index contributed by atoms with van der Waals surface area (Å²) in [5.74, 6) is 1.26. The Morgan fingerprint density at radius 1 is 1.54 bits per heavy atom. The van der Waals surface area contributed by atoms with E-state index in [1.807, 2.05) is 11.8 Å². The van der Waals surface area contributed by atoms with Crippen molar-refractivity contribution >= 4 is 11.8 Å². The second-order valence-electron chi connectivity index (χ2n) is 3.68. The van der Waals surface area contributed by atoms with Gasteiger partial charge in [0.05, 0.1) is 0 Å². The van der Waals surface area contributed by atoms with Gasteiger partial charge in [-0.25, -0.2) is 0 Å². The van der Waals surface area contributed by atoms with Crippen molar-refractivity contribution < 1.29 is 0 Å². The van der Waals surface area contributed by atoms with E-state index in [2.05, 4.69) is 23.4 Å². The quantitative estimate of drug-likeness (QED) is 0.701. The Labute approximate surface area is 86.5 Å². The van der Waals surface area contributed by atoms with E-state index in [0.29, 0.717) is 0 Å². The molecular weight excluding hydrogens is 180 g/mol. The molecule has 0 amide bonds. The van der Waals surface area contributed by atoms with E-state index in [1.165, 1.54) is 44.8 Å². The number of hydrogen-bond acceptors (Lipinski definition) is 3. The number of nitrogens with one attached hydrogen (secondary N) is 1. The van der Waals surface area contributed by atoms with Gasteiger partial charge in [0.2, 0.25) is 0 Å². The van der Waals surface area contributed by atoms with Crippen LogP contribution in [0.15, 0.2) is 0 Å². The summed E-state index contributed by atoms with van der Waals surface area (Å²) < 4.78 is 0. The van der Waals surface area contributed by atoms with Gasteiger partial charge in [0.15, 0.2) is 0 Å². The van der Waals surface area contributed by atoms with Crippen LogP contribution in [-0.4, -0.2) is 49.1 Å². The van der Waals surface area contributed by atoms with Crippen molar-refractivity contribution in [1.29, 1.82) is 0 Å². The Kier molecular flexibility index (Phi) is 5.83. The molecule has 1 aliphatic heterocycles. The number of thioether (sulfide) groups is 1. The Bertz CT molecular complexity index is 124. The second kappa shape index (κ2) is 6.68. The molecule has 1 fully saturated rings. The summed E-state index contributed by atoms with van der Waals surface area (Å²) in [4.78, 5) is 2.56. The maximum absolute atomic E-state index is 3.55. The molecule has 0 radical (unpaired) electrons. The lowest BCUT2D eigenvalue weighted by Crippen LogP contribution is -2.38. The standard InChI is InChI=1S/C10H22N2S/c1-3-12(7-8-13-2)9-10-5-4-6-11-10/h10-11H,3-9H2,1-2H3. The van der Waals surface area contributed by atoms with E-state index < -0.39 is 0 Å². The molecule has 1 heterocycles. The molecule has 2 nitrogen and oxygen atoms in total. The van der Waals surface area contributed by atoms with E-state index in [4.69, 9.17) is 0 Å². The van der Waals surface area contributed by atoms with Crippen LogP contribution in [0.2, 0.25) is 0 Å². The van der Waals surface area contributed by atoms with Crippen molar-refractivity contribution in [3.63, 3.8) is 0 Å². The zero-order valence-corrected chi connectivity index (χ0v) is 9.70. The fourth-order valence-corrected chi connectivity index (χ4v) is 2.26.